The quantitative estimate of drug-likeness (QED) is 0.0889. The highest BCUT2D eigenvalue weighted by atomic mass is 28.3. The minimum atomic E-state index is -1.63. The molecule has 6 heteroatoms. The molecule has 12 rings (SSSR count). The Balaban J connectivity index is 1.11. The highest BCUT2D eigenvalue weighted by molar-refractivity contribution is 6.89. The lowest BCUT2D eigenvalue weighted by Gasteiger charge is -2.31. The molecule has 0 amide bonds. The lowest BCUT2D eigenvalue weighted by Crippen LogP contribution is -2.37. The van der Waals surface area contributed by atoms with E-state index in [1.165, 1.54) is 21.1 Å². The van der Waals surface area contributed by atoms with Crippen LogP contribution in [0.3, 0.4) is 0 Å². The minimum Gasteiger partial charge on any atom is -0.310 e. The maximum Gasteiger partial charge on any atom is 0.123 e. The van der Waals surface area contributed by atoms with E-state index in [0.717, 1.165) is 100 Å². The molecule has 0 unspecified atom stereocenters. The van der Waals surface area contributed by atoms with Gasteiger partial charge in [0.15, 0.2) is 0 Å². The largest absolute Gasteiger partial charge is 0.310 e. The monoisotopic (exact) mass is 1020 g/mol. The van der Waals surface area contributed by atoms with E-state index in [0.29, 0.717) is 0 Å². The van der Waals surface area contributed by atoms with Gasteiger partial charge in [0, 0.05) is 33.5 Å². The van der Waals surface area contributed by atoms with E-state index in [1.54, 1.807) is 24.3 Å². The Labute approximate surface area is 447 Å². The number of hydrogen-bond acceptors (Lipinski definition) is 2. The molecule has 0 spiro atoms. The number of anilines is 6. The number of benzene rings is 12. The summed E-state index contributed by atoms with van der Waals surface area (Å²) in [4.78, 5) is 4.83. The molecule has 0 atom stereocenters. The highest BCUT2D eigenvalue weighted by Gasteiger charge is 2.25. The van der Waals surface area contributed by atoms with Gasteiger partial charge in [0.05, 0.1) is 27.5 Å². The molecule has 0 saturated carbocycles. The molecule has 370 valence electrons. The summed E-state index contributed by atoms with van der Waals surface area (Å²) in [6.45, 7) is 14.3. The van der Waals surface area contributed by atoms with Crippen molar-refractivity contribution in [1.82, 2.24) is 0 Å². The van der Waals surface area contributed by atoms with Crippen LogP contribution in [0.25, 0.3) is 76.8 Å². The first-order chi connectivity index (χ1) is 36.7. The third-order valence-corrected chi connectivity index (χ3v) is 19.1. The SMILES string of the molecule is C[Si](C)(C)c1ccc(N(c2cc(-c3ccccc3)cc(-c3ccc(F)cc3)c2)c2ccc3ccc4c(N(c5ccc([Si](C)(C)C)cc5)c5cc(-c6ccccc6)cc(-c6ccc(F)cc6)c5)ccc5ccc2c3c54)cc1. The molecule has 0 saturated heterocycles. The van der Waals surface area contributed by atoms with E-state index in [9.17, 15) is 8.78 Å². The van der Waals surface area contributed by atoms with Gasteiger partial charge in [-0.3, -0.25) is 0 Å². The molecular formula is C70H58F2N2Si2. The summed E-state index contributed by atoms with van der Waals surface area (Å²) in [5.74, 6) is -0.523. The van der Waals surface area contributed by atoms with Crippen molar-refractivity contribution >= 4 is 93.0 Å². The molecule has 2 nitrogen and oxygen atoms in total. The standard InChI is InChI=1S/C70H58F2N2Si2/c1-75(2,3)63-33-29-59(30-34-63)73(61-43-53(47-13-9-7-10-14-47)41-55(45-61)49-17-25-57(71)26-18-49)67-39-23-51-22-38-66-68(40-24-52-21-37-65(67)69(51)70(52)66)74(60-31-35-64(36-32-60)76(4,5)6)62-44-54(48-15-11-8-12-16-48)42-56(46-62)50-19-27-58(72)28-20-50/h7-46H,1-6H3. The normalized spacial score (nSPS) is 11.9. The van der Waals surface area contributed by atoms with Crippen LogP contribution < -0.4 is 20.2 Å². The van der Waals surface area contributed by atoms with Crippen molar-refractivity contribution in [1.29, 1.82) is 0 Å². The fourth-order valence-corrected chi connectivity index (χ4v) is 13.3. The van der Waals surface area contributed by atoms with Gasteiger partial charge in [-0.1, -0.05) is 195 Å². The molecule has 0 fully saturated rings. The Morgan fingerprint density at radius 1 is 0.276 bits per heavy atom. The van der Waals surface area contributed by atoms with Gasteiger partial charge in [0.25, 0.3) is 0 Å². The van der Waals surface area contributed by atoms with Crippen LogP contribution in [0, 0.1) is 11.6 Å². The third kappa shape index (κ3) is 9.29. The van der Waals surface area contributed by atoms with Crippen LogP contribution in [0.2, 0.25) is 39.3 Å². The number of halogens is 2. The zero-order chi connectivity index (χ0) is 52.3. The Hall–Kier alpha value is -8.43. The van der Waals surface area contributed by atoms with Gasteiger partial charge in [-0.15, -0.1) is 0 Å². The van der Waals surface area contributed by atoms with Gasteiger partial charge in [-0.05, 0) is 163 Å². The number of nitrogens with zero attached hydrogens (tertiary/aromatic N) is 2. The zero-order valence-corrected chi connectivity index (χ0v) is 45.7. The predicted molar refractivity (Wildman–Crippen MR) is 327 cm³/mol. The summed E-state index contributed by atoms with van der Waals surface area (Å²) in [7, 11) is -3.26. The van der Waals surface area contributed by atoms with Gasteiger partial charge >= 0.3 is 0 Å². The summed E-state index contributed by atoms with van der Waals surface area (Å²) in [6, 6.07) is 84.9. The molecule has 0 aliphatic rings. The molecule has 0 aliphatic heterocycles. The van der Waals surface area contributed by atoms with Crippen molar-refractivity contribution in [3.8, 4) is 44.5 Å². The highest BCUT2D eigenvalue weighted by Crippen LogP contribution is 2.49. The average molecular weight is 1020 g/mol. The lowest BCUT2D eigenvalue weighted by atomic mass is 9.91. The molecule has 12 aromatic rings. The van der Waals surface area contributed by atoms with Gasteiger partial charge in [0.2, 0.25) is 0 Å². The van der Waals surface area contributed by atoms with Crippen LogP contribution in [0.15, 0.2) is 243 Å². The van der Waals surface area contributed by atoms with E-state index in [1.807, 2.05) is 36.4 Å². The molecule has 0 aliphatic carbocycles. The van der Waals surface area contributed by atoms with Crippen molar-refractivity contribution in [2.45, 2.75) is 39.3 Å². The predicted octanol–water partition coefficient (Wildman–Crippen LogP) is 19.6. The van der Waals surface area contributed by atoms with E-state index in [2.05, 4.69) is 231 Å². The first kappa shape index (κ1) is 48.5. The van der Waals surface area contributed by atoms with E-state index >= 15 is 0 Å². The molecule has 0 N–H and O–H groups in total. The first-order valence-corrected chi connectivity index (χ1v) is 33.2. The summed E-state index contributed by atoms with van der Waals surface area (Å²) < 4.78 is 29.0. The topological polar surface area (TPSA) is 6.48 Å². The molecule has 0 radical (unpaired) electrons. The zero-order valence-electron chi connectivity index (χ0n) is 43.7. The maximum absolute atomic E-state index is 14.5. The Bertz CT molecular complexity index is 3790. The average Bonchev–Trinajstić information content (AvgIpc) is 3.47. The molecule has 76 heavy (non-hydrogen) atoms. The van der Waals surface area contributed by atoms with Crippen molar-refractivity contribution in [3.05, 3.63) is 254 Å². The summed E-state index contributed by atoms with van der Waals surface area (Å²) in [5.41, 5.74) is 14.4. The van der Waals surface area contributed by atoms with Crippen molar-refractivity contribution in [3.63, 3.8) is 0 Å². The van der Waals surface area contributed by atoms with E-state index in [4.69, 9.17) is 0 Å². The fourth-order valence-electron chi connectivity index (χ4n) is 10.9. The Morgan fingerprint density at radius 2 is 0.592 bits per heavy atom. The van der Waals surface area contributed by atoms with Crippen LogP contribution in [0.4, 0.5) is 42.9 Å². The molecule has 0 bridgehead atoms. The smallest absolute Gasteiger partial charge is 0.123 e. The molecule has 12 aromatic carbocycles. The Kier molecular flexibility index (Phi) is 12.4. The summed E-state index contributed by atoms with van der Waals surface area (Å²) in [5, 5.41) is 9.74. The van der Waals surface area contributed by atoms with E-state index < -0.39 is 16.1 Å². The van der Waals surface area contributed by atoms with E-state index in [-0.39, 0.29) is 11.6 Å². The lowest BCUT2D eigenvalue weighted by molar-refractivity contribution is 0.627. The molecular weight excluding hydrogens is 963 g/mol. The molecule has 0 aromatic heterocycles. The summed E-state index contributed by atoms with van der Waals surface area (Å²) in [6.07, 6.45) is 0. The van der Waals surface area contributed by atoms with Crippen LogP contribution in [0.5, 0.6) is 0 Å². The van der Waals surface area contributed by atoms with Gasteiger partial charge in [-0.2, -0.15) is 0 Å². The van der Waals surface area contributed by atoms with Gasteiger partial charge in [-0.25, -0.2) is 8.78 Å². The van der Waals surface area contributed by atoms with Crippen molar-refractivity contribution in [2.75, 3.05) is 9.80 Å². The van der Waals surface area contributed by atoms with Crippen LogP contribution >= 0.6 is 0 Å². The van der Waals surface area contributed by atoms with Crippen molar-refractivity contribution in [2.24, 2.45) is 0 Å². The van der Waals surface area contributed by atoms with Gasteiger partial charge < -0.3 is 9.80 Å². The Morgan fingerprint density at radius 3 is 0.921 bits per heavy atom. The fraction of sp³-hybridized carbons (Fsp3) is 0.0857. The van der Waals surface area contributed by atoms with Crippen LogP contribution in [-0.2, 0) is 0 Å². The third-order valence-electron chi connectivity index (χ3n) is 15.0. The van der Waals surface area contributed by atoms with Crippen LogP contribution in [-0.4, -0.2) is 16.1 Å². The van der Waals surface area contributed by atoms with Crippen molar-refractivity contribution < 1.29 is 8.78 Å². The number of rotatable bonds is 12. The maximum atomic E-state index is 14.5. The molecule has 0 heterocycles. The second-order valence-corrected chi connectivity index (χ2v) is 32.3. The second kappa shape index (κ2) is 19.4. The minimum absolute atomic E-state index is 0.261. The van der Waals surface area contributed by atoms with Crippen LogP contribution in [0.1, 0.15) is 0 Å². The number of hydrogen-bond donors (Lipinski definition) is 0. The van der Waals surface area contributed by atoms with Gasteiger partial charge in [0.1, 0.15) is 11.6 Å². The first-order valence-electron chi connectivity index (χ1n) is 26.2. The summed E-state index contributed by atoms with van der Waals surface area (Å²) >= 11 is 0. The second-order valence-electron chi connectivity index (χ2n) is 22.1.